The second-order valence-corrected chi connectivity index (χ2v) is 8.96. The first-order valence-electron chi connectivity index (χ1n) is 12.5. The number of hydrogen-bond acceptors (Lipinski definition) is 6. The second kappa shape index (κ2) is 11.5. The number of nitrogen functional groups attached to an aromatic ring is 1. The maximum Gasteiger partial charge on any atom is 0.411 e. The van der Waals surface area contributed by atoms with E-state index in [0.717, 1.165) is 79.3 Å². The van der Waals surface area contributed by atoms with Crippen molar-refractivity contribution in [3.05, 3.63) is 42.5 Å². The molecule has 188 valence electrons. The van der Waals surface area contributed by atoms with E-state index < -0.39 is 6.09 Å². The number of aryl methyl sites for hydroxylation is 1. The number of rotatable bonds is 9. The number of anilines is 2. The van der Waals surface area contributed by atoms with Crippen LogP contribution in [0.2, 0.25) is 0 Å². The van der Waals surface area contributed by atoms with Gasteiger partial charge in [-0.25, -0.2) is 4.79 Å². The highest BCUT2D eigenvalue weighted by atomic mass is 16.5. The van der Waals surface area contributed by atoms with Gasteiger partial charge in [-0.1, -0.05) is 12.1 Å². The molecular weight excluding hydrogens is 442 g/mol. The van der Waals surface area contributed by atoms with Gasteiger partial charge in [0.2, 0.25) is 0 Å². The molecule has 0 spiro atoms. The van der Waals surface area contributed by atoms with Crippen LogP contribution in [0, 0.1) is 0 Å². The summed E-state index contributed by atoms with van der Waals surface area (Å²) < 4.78 is 13.3. The van der Waals surface area contributed by atoms with Crippen LogP contribution in [0.4, 0.5) is 16.2 Å². The number of nitrogens with two attached hydrogens (primary N) is 1. The van der Waals surface area contributed by atoms with Crippen LogP contribution in [-0.2, 0) is 11.3 Å². The van der Waals surface area contributed by atoms with E-state index in [9.17, 15) is 4.79 Å². The molecule has 0 unspecified atom stereocenters. The molecule has 1 aliphatic rings. The zero-order valence-corrected chi connectivity index (χ0v) is 21.0. The first-order chi connectivity index (χ1) is 17.0. The highest BCUT2D eigenvalue weighted by Crippen LogP contribution is 2.38. The standard InChI is InChI=1S/C27H37N5O3/c1-4-32-24-19-22(35-18-6-13-31-16-14-30(3)15-17-31)11-12-23(24)25(28)26(32)20-7-9-21(10-8-20)29-27(33)34-5-2/h7-12,19H,4-6,13-18,28H2,1-3H3,(H,29,33). The average molecular weight is 480 g/mol. The number of carbonyl (C=O) groups is 1. The van der Waals surface area contributed by atoms with E-state index in [2.05, 4.69) is 39.7 Å². The van der Waals surface area contributed by atoms with Gasteiger partial charge in [-0.3, -0.25) is 5.32 Å². The third-order valence-corrected chi connectivity index (χ3v) is 6.55. The van der Waals surface area contributed by atoms with Crippen molar-refractivity contribution in [1.82, 2.24) is 14.4 Å². The molecule has 0 aliphatic carbocycles. The Morgan fingerprint density at radius 3 is 2.49 bits per heavy atom. The van der Waals surface area contributed by atoms with E-state index in [1.54, 1.807) is 6.92 Å². The molecule has 3 N–H and O–H groups in total. The lowest BCUT2D eigenvalue weighted by Crippen LogP contribution is -2.44. The molecule has 0 radical (unpaired) electrons. The van der Waals surface area contributed by atoms with Gasteiger partial charge in [0, 0.05) is 62.0 Å². The first-order valence-corrected chi connectivity index (χ1v) is 12.5. The summed E-state index contributed by atoms with van der Waals surface area (Å²) in [6.07, 6.45) is 0.550. The van der Waals surface area contributed by atoms with Crippen molar-refractivity contribution in [2.45, 2.75) is 26.8 Å². The number of benzene rings is 2. The summed E-state index contributed by atoms with van der Waals surface area (Å²) in [5.74, 6) is 0.864. The topological polar surface area (TPSA) is 85.0 Å². The largest absolute Gasteiger partial charge is 0.493 e. The maximum atomic E-state index is 11.7. The van der Waals surface area contributed by atoms with E-state index in [0.29, 0.717) is 18.9 Å². The number of amides is 1. The lowest BCUT2D eigenvalue weighted by molar-refractivity contribution is 0.145. The maximum absolute atomic E-state index is 11.7. The summed E-state index contributed by atoms with van der Waals surface area (Å²) in [6, 6.07) is 13.8. The molecule has 1 saturated heterocycles. The third-order valence-electron chi connectivity index (χ3n) is 6.55. The second-order valence-electron chi connectivity index (χ2n) is 8.96. The van der Waals surface area contributed by atoms with Gasteiger partial charge in [0.25, 0.3) is 0 Å². The van der Waals surface area contributed by atoms with Crippen LogP contribution >= 0.6 is 0 Å². The van der Waals surface area contributed by atoms with E-state index in [1.165, 1.54) is 0 Å². The SMILES string of the molecule is CCOC(=O)Nc1ccc(-c2c(N)c3ccc(OCCCN4CCN(C)CC4)cc3n2CC)cc1. The predicted octanol–water partition coefficient (Wildman–Crippen LogP) is 4.50. The molecule has 0 saturated carbocycles. The molecule has 8 heteroatoms. The van der Waals surface area contributed by atoms with E-state index in [1.807, 2.05) is 36.4 Å². The molecule has 0 bridgehead atoms. The quantitative estimate of drug-likeness (QED) is 0.440. The van der Waals surface area contributed by atoms with Crippen molar-refractivity contribution in [2.24, 2.45) is 0 Å². The molecule has 1 aliphatic heterocycles. The summed E-state index contributed by atoms with van der Waals surface area (Å²) in [5, 5.41) is 3.74. The summed E-state index contributed by atoms with van der Waals surface area (Å²) in [6.45, 7) is 11.3. The Bertz CT molecular complexity index is 1130. The lowest BCUT2D eigenvalue weighted by Gasteiger charge is -2.32. The molecule has 2 heterocycles. The van der Waals surface area contributed by atoms with Gasteiger partial charge in [0.1, 0.15) is 5.75 Å². The smallest absolute Gasteiger partial charge is 0.411 e. The van der Waals surface area contributed by atoms with Gasteiger partial charge >= 0.3 is 6.09 Å². The van der Waals surface area contributed by atoms with Crippen molar-refractivity contribution in [2.75, 3.05) is 64.0 Å². The Morgan fingerprint density at radius 2 is 1.80 bits per heavy atom. The number of likely N-dealkylation sites (N-methyl/N-ethyl adjacent to an activating group) is 1. The van der Waals surface area contributed by atoms with Crippen molar-refractivity contribution < 1.29 is 14.3 Å². The average Bonchev–Trinajstić information content (AvgIpc) is 3.14. The number of piperazine rings is 1. The fraction of sp³-hybridized carbons (Fsp3) is 0.444. The van der Waals surface area contributed by atoms with Crippen LogP contribution in [0.1, 0.15) is 20.3 Å². The number of aromatic nitrogens is 1. The number of fused-ring (bicyclic) bond motifs is 1. The zero-order chi connectivity index (χ0) is 24.8. The molecule has 8 nitrogen and oxygen atoms in total. The van der Waals surface area contributed by atoms with E-state index >= 15 is 0 Å². The fourth-order valence-corrected chi connectivity index (χ4v) is 4.63. The van der Waals surface area contributed by atoms with Gasteiger partial charge in [-0.15, -0.1) is 0 Å². The van der Waals surface area contributed by atoms with Crippen LogP contribution in [-0.4, -0.2) is 73.4 Å². The monoisotopic (exact) mass is 479 g/mol. The number of nitrogens with one attached hydrogen (secondary N) is 1. The Labute approximate surface area is 207 Å². The van der Waals surface area contributed by atoms with Crippen LogP contribution in [0.5, 0.6) is 5.75 Å². The summed E-state index contributed by atoms with van der Waals surface area (Å²) in [5.41, 5.74) is 11.1. The molecule has 4 rings (SSSR count). The highest BCUT2D eigenvalue weighted by molar-refractivity contribution is 6.01. The summed E-state index contributed by atoms with van der Waals surface area (Å²) >= 11 is 0. The zero-order valence-electron chi connectivity index (χ0n) is 21.0. The molecular formula is C27H37N5O3. The molecule has 0 atom stereocenters. The van der Waals surface area contributed by atoms with Gasteiger partial charge in [-0.2, -0.15) is 0 Å². The highest BCUT2D eigenvalue weighted by Gasteiger charge is 2.17. The first kappa shape index (κ1) is 24.9. The van der Waals surface area contributed by atoms with Crippen LogP contribution in [0.25, 0.3) is 22.2 Å². The summed E-state index contributed by atoms with van der Waals surface area (Å²) in [4.78, 5) is 16.6. The number of ether oxygens (including phenoxy) is 2. The molecule has 1 fully saturated rings. The van der Waals surface area contributed by atoms with Crippen LogP contribution in [0.15, 0.2) is 42.5 Å². The number of nitrogens with zero attached hydrogens (tertiary/aromatic N) is 3. The fourth-order valence-electron chi connectivity index (χ4n) is 4.63. The number of hydrogen-bond donors (Lipinski definition) is 2. The van der Waals surface area contributed by atoms with E-state index in [-0.39, 0.29) is 0 Å². The van der Waals surface area contributed by atoms with Gasteiger partial charge in [0.15, 0.2) is 0 Å². The molecule has 1 aromatic heterocycles. The number of carbonyl (C=O) groups excluding carboxylic acids is 1. The van der Waals surface area contributed by atoms with Gasteiger partial charge in [-0.05, 0) is 51.6 Å². The lowest BCUT2D eigenvalue weighted by atomic mass is 10.1. The molecule has 2 aromatic carbocycles. The van der Waals surface area contributed by atoms with Gasteiger partial charge < -0.3 is 29.6 Å². The summed E-state index contributed by atoms with van der Waals surface area (Å²) in [7, 11) is 2.18. The predicted molar refractivity (Wildman–Crippen MR) is 142 cm³/mol. The Hall–Kier alpha value is -3.23. The van der Waals surface area contributed by atoms with Crippen molar-refractivity contribution in [3.63, 3.8) is 0 Å². The van der Waals surface area contributed by atoms with Crippen molar-refractivity contribution in [1.29, 1.82) is 0 Å². The third kappa shape index (κ3) is 5.89. The Kier molecular flexibility index (Phi) is 8.15. The Balaban J connectivity index is 1.46. The van der Waals surface area contributed by atoms with Crippen LogP contribution < -0.4 is 15.8 Å². The minimum atomic E-state index is -0.460. The Morgan fingerprint density at radius 1 is 1.06 bits per heavy atom. The van der Waals surface area contributed by atoms with E-state index in [4.69, 9.17) is 15.2 Å². The minimum absolute atomic E-state index is 0.332. The normalized spacial score (nSPS) is 14.8. The van der Waals surface area contributed by atoms with Crippen molar-refractivity contribution in [3.8, 4) is 17.0 Å². The molecule has 35 heavy (non-hydrogen) atoms. The van der Waals surface area contributed by atoms with Gasteiger partial charge in [0.05, 0.1) is 30.1 Å². The molecule has 3 aromatic rings. The minimum Gasteiger partial charge on any atom is -0.493 e. The van der Waals surface area contributed by atoms with Crippen LogP contribution in [0.3, 0.4) is 0 Å². The molecule has 1 amide bonds. The van der Waals surface area contributed by atoms with Crippen molar-refractivity contribution >= 4 is 28.4 Å².